The molecule has 0 saturated carbocycles. The first-order chi connectivity index (χ1) is 17.0. The maximum absolute atomic E-state index is 12.6. The van der Waals surface area contributed by atoms with E-state index < -0.39 is 0 Å². The molecule has 2 aromatic carbocycles. The van der Waals surface area contributed by atoms with E-state index in [4.69, 9.17) is 9.72 Å². The zero-order chi connectivity index (χ0) is 24.6. The molecule has 1 aliphatic heterocycles. The Morgan fingerprint density at radius 3 is 2.69 bits per heavy atom. The lowest BCUT2D eigenvalue weighted by Gasteiger charge is -2.32. The number of rotatable bonds is 9. The Balaban J connectivity index is 1.34. The molecule has 35 heavy (non-hydrogen) atoms. The van der Waals surface area contributed by atoms with E-state index in [-0.39, 0.29) is 18.3 Å². The molecule has 4 rings (SSSR count). The van der Waals surface area contributed by atoms with Crippen LogP contribution in [0.3, 0.4) is 0 Å². The highest BCUT2D eigenvalue weighted by Crippen LogP contribution is 2.25. The summed E-state index contributed by atoms with van der Waals surface area (Å²) in [6, 6.07) is 15.3. The summed E-state index contributed by atoms with van der Waals surface area (Å²) in [5.74, 6) is -0.563. The Labute approximate surface area is 210 Å². The van der Waals surface area contributed by atoms with E-state index in [9.17, 15) is 9.59 Å². The molecule has 1 fully saturated rings. The van der Waals surface area contributed by atoms with Crippen LogP contribution in [0.2, 0.25) is 0 Å². The number of ether oxygens (including phenoxy) is 1. The molecule has 0 spiro atoms. The summed E-state index contributed by atoms with van der Waals surface area (Å²) < 4.78 is 5.17. The van der Waals surface area contributed by atoms with Gasteiger partial charge in [0, 0.05) is 49.4 Å². The predicted octanol–water partition coefficient (Wildman–Crippen LogP) is 4.31. The third-order valence-electron chi connectivity index (χ3n) is 5.89. The van der Waals surface area contributed by atoms with Crippen LogP contribution in [0.4, 0.5) is 5.69 Å². The number of hydrogen-bond acceptors (Lipinski definition) is 7. The number of amides is 1. The number of nitrogens with one attached hydrogen (secondary N) is 1. The van der Waals surface area contributed by atoms with Gasteiger partial charge in [-0.3, -0.25) is 9.69 Å². The minimum absolute atomic E-state index is 0.169. The third-order valence-corrected chi connectivity index (χ3v) is 6.83. The second-order valence-electron chi connectivity index (χ2n) is 8.87. The Hall–Kier alpha value is -3.07. The van der Waals surface area contributed by atoms with Crippen molar-refractivity contribution in [2.75, 3.05) is 45.2 Å². The highest BCUT2D eigenvalue weighted by molar-refractivity contribution is 7.13. The molecule has 2 heterocycles. The number of piperazine rings is 1. The lowest BCUT2D eigenvalue weighted by molar-refractivity contribution is -0.115. The molecule has 0 atom stereocenters. The average molecular weight is 493 g/mol. The van der Waals surface area contributed by atoms with E-state index in [0.29, 0.717) is 17.9 Å². The Kier molecular flexibility index (Phi) is 8.63. The van der Waals surface area contributed by atoms with E-state index in [1.807, 2.05) is 12.3 Å². The van der Waals surface area contributed by atoms with Crippen molar-refractivity contribution in [3.05, 3.63) is 70.7 Å². The summed E-state index contributed by atoms with van der Waals surface area (Å²) in [5, 5.41) is 5.70. The minimum atomic E-state index is -0.387. The molecule has 1 N–H and O–H groups in total. The highest BCUT2D eigenvalue weighted by atomic mass is 32.1. The van der Waals surface area contributed by atoms with E-state index in [0.717, 1.165) is 55.4 Å². The summed E-state index contributed by atoms with van der Waals surface area (Å²) in [5.41, 5.74) is 4.06. The Morgan fingerprint density at radius 1 is 1.09 bits per heavy atom. The molecular formula is C27H32N4O3S. The van der Waals surface area contributed by atoms with Crippen LogP contribution < -0.4 is 5.32 Å². The van der Waals surface area contributed by atoms with Gasteiger partial charge in [0.15, 0.2) is 0 Å². The molecule has 1 saturated heterocycles. The normalized spacial score (nSPS) is 14.6. The largest absolute Gasteiger partial charge is 0.462 e. The van der Waals surface area contributed by atoms with Gasteiger partial charge in [-0.25, -0.2) is 9.78 Å². The number of hydrogen-bond donors (Lipinski definition) is 1. The van der Waals surface area contributed by atoms with Gasteiger partial charge in [0.1, 0.15) is 5.01 Å². The number of aromatic nitrogens is 1. The first kappa shape index (κ1) is 25.0. The number of esters is 1. The lowest BCUT2D eigenvalue weighted by atomic mass is 10.1. The lowest BCUT2D eigenvalue weighted by Crippen LogP contribution is -2.43. The van der Waals surface area contributed by atoms with Gasteiger partial charge >= 0.3 is 5.97 Å². The van der Waals surface area contributed by atoms with Gasteiger partial charge in [0.25, 0.3) is 0 Å². The molecule has 7 nitrogen and oxygen atoms in total. The quantitative estimate of drug-likeness (QED) is 0.449. The topological polar surface area (TPSA) is 74.8 Å². The van der Waals surface area contributed by atoms with Gasteiger partial charge in [-0.1, -0.05) is 31.2 Å². The molecule has 0 aliphatic carbocycles. The van der Waals surface area contributed by atoms with Crippen LogP contribution in [-0.2, 0) is 22.5 Å². The van der Waals surface area contributed by atoms with Gasteiger partial charge in [-0.2, -0.15) is 0 Å². The van der Waals surface area contributed by atoms with Gasteiger partial charge in [0.05, 0.1) is 24.3 Å². The van der Waals surface area contributed by atoms with Crippen molar-refractivity contribution < 1.29 is 14.3 Å². The molecular weight excluding hydrogens is 460 g/mol. The second kappa shape index (κ2) is 12.1. The summed E-state index contributed by atoms with van der Waals surface area (Å²) >= 11 is 1.55. The summed E-state index contributed by atoms with van der Waals surface area (Å²) in [6.07, 6.45) is 0.931. The maximum Gasteiger partial charge on any atom is 0.338 e. The minimum Gasteiger partial charge on any atom is -0.462 e. The number of nitrogens with zero attached hydrogens (tertiary/aromatic N) is 3. The van der Waals surface area contributed by atoms with Crippen LogP contribution >= 0.6 is 11.3 Å². The van der Waals surface area contributed by atoms with E-state index in [1.165, 1.54) is 5.56 Å². The zero-order valence-corrected chi connectivity index (χ0v) is 21.1. The molecule has 8 heteroatoms. The molecule has 1 aromatic heterocycles. The number of benzene rings is 2. The first-order valence-corrected chi connectivity index (χ1v) is 12.9. The van der Waals surface area contributed by atoms with Crippen molar-refractivity contribution in [1.29, 1.82) is 0 Å². The number of thiazole rings is 1. The average Bonchev–Trinajstić information content (AvgIpc) is 3.32. The van der Waals surface area contributed by atoms with Crippen LogP contribution in [0, 0.1) is 0 Å². The van der Waals surface area contributed by atoms with Crippen LogP contribution in [0.5, 0.6) is 0 Å². The molecule has 1 aliphatic rings. The summed E-state index contributed by atoms with van der Waals surface area (Å²) in [6.45, 7) is 7.63. The maximum atomic E-state index is 12.6. The molecule has 184 valence electrons. The first-order valence-electron chi connectivity index (χ1n) is 12.0. The van der Waals surface area contributed by atoms with Crippen LogP contribution in [-0.4, -0.2) is 66.5 Å². The van der Waals surface area contributed by atoms with Crippen LogP contribution in [0.15, 0.2) is 53.9 Å². The molecule has 1 amide bonds. The monoisotopic (exact) mass is 492 g/mol. The Morgan fingerprint density at radius 2 is 1.89 bits per heavy atom. The van der Waals surface area contributed by atoms with Crippen molar-refractivity contribution in [3.63, 3.8) is 0 Å². The van der Waals surface area contributed by atoms with Gasteiger partial charge in [0.2, 0.25) is 5.91 Å². The summed E-state index contributed by atoms with van der Waals surface area (Å²) in [7, 11) is 2.17. The summed E-state index contributed by atoms with van der Waals surface area (Å²) in [4.78, 5) is 34.2. The van der Waals surface area contributed by atoms with Gasteiger partial charge < -0.3 is 15.0 Å². The van der Waals surface area contributed by atoms with Crippen molar-refractivity contribution in [2.24, 2.45) is 0 Å². The fourth-order valence-electron chi connectivity index (χ4n) is 3.96. The van der Waals surface area contributed by atoms with Crippen molar-refractivity contribution in [3.8, 4) is 10.6 Å². The standard InChI is InChI=1S/C27H32N4O3S/c1-3-14-34-27(33)22-8-5-9-23(16-22)28-25(32)17-24-19-35-26(29-24)21-7-4-6-20(15-21)18-31-12-10-30(2)11-13-31/h4-9,15-16,19H,3,10-14,17-18H2,1-2H3,(H,28,32). The number of anilines is 1. The molecule has 3 aromatic rings. The third kappa shape index (κ3) is 7.21. The van der Waals surface area contributed by atoms with E-state index in [1.54, 1.807) is 35.6 Å². The fourth-order valence-corrected chi connectivity index (χ4v) is 4.78. The molecule has 0 bridgehead atoms. The van der Waals surface area contributed by atoms with E-state index >= 15 is 0 Å². The van der Waals surface area contributed by atoms with Crippen molar-refractivity contribution >= 4 is 28.9 Å². The van der Waals surface area contributed by atoms with Crippen LogP contribution in [0.25, 0.3) is 10.6 Å². The molecule has 0 unspecified atom stereocenters. The number of likely N-dealkylation sites (N-methyl/N-ethyl adjacent to an activating group) is 1. The molecule has 0 radical (unpaired) electrons. The fraction of sp³-hybridized carbons (Fsp3) is 0.370. The second-order valence-corrected chi connectivity index (χ2v) is 9.72. The number of carbonyl (C=O) groups excluding carboxylic acids is 2. The van der Waals surface area contributed by atoms with E-state index in [2.05, 4.69) is 46.4 Å². The van der Waals surface area contributed by atoms with Crippen molar-refractivity contribution in [1.82, 2.24) is 14.8 Å². The SMILES string of the molecule is CCCOC(=O)c1cccc(NC(=O)Cc2csc(-c3cccc(CN4CCN(C)CC4)c3)n2)c1. The van der Waals surface area contributed by atoms with Gasteiger partial charge in [-0.05, 0) is 43.3 Å². The Bertz CT molecular complexity index is 1150. The smallest absolute Gasteiger partial charge is 0.338 e. The highest BCUT2D eigenvalue weighted by Gasteiger charge is 2.15. The predicted molar refractivity (Wildman–Crippen MR) is 140 cm³/mol. The van der Waals surface area contributed by atoms with Crippen LogP contribution in [0.1, 0.15) is 35.0 Å². The number of carbonyl (C=O) groups is 2. The van der Waals surface area contributed by atoms with Gasteiger partial charge in [-0.15, -0.1) is 11.3 Å². The van der Waals surface area contributed by atoms with Crippen molar-refractivity contribution in [2.45, 2.75) is 26.3 Å². The zero-order valence-electron chi connectivity index (χ0n) is 20.3.